The van der Waals surface area contributed by atoms with E-state index in [-0.39, 0.29) is 12.8 Å². The molecule has 4 nitrogen and oxygen atoms in total. The highest BCUT2D eigenvalue weighted by molar-refractivity contribution is 5.97. The van der Waals surface area contributed by atoms with E-state index in [4.69, 9.17) is 15.2 Å². The molecule has 0 radical (unpaired) electrons. The van der Waals surface area contributed by atoms with Gasteiger partial charge in [-0.05, 0) is 24.3 Å². The van der Waals surface area contributed by atoms with Crippen molar-refractivity contribution in [2.24, 2.45) is 5.73 Å². The number of piperidine rings is 1. The van der Waals surface area contributed by atoms with Crippen molar-refractivity contribution in [2.45, 2.75) is 18.9 Å². The quantitative estimate of drug-likeness (QED) is 0.878. The minimum Gasteiger partial charge on any atom is -0.465 e. The molecule has 0 saturated carbocycles. The molecule has 0 bridgehead atoms. The normalized spacial score (nSPS) is 19.0. The Kier molecular flexibility index (Phi) is 4.27. The molecule has 1 fully saturated rings. The van der Waals surface area contributed by atoms with Gasteiger partial charge in [0.25, 0.3) is 0 Å². The SMILES string of the molecule is COCOc1ccc2ccccc2c1N1CCCC(N)C1. The van der Waals surface area contributed by atoms with Gasteiger partial charge >= 0.3 is 0 Å². The average molecular weight is 286 g/mol. The van der Waals surface area contributed by atoms with Crippen molar-refractivity contribution in [3.8, 4) is 5.75 Å². The molecule has 21 heavy (non-hydrogen) atoms. The van der Waals surface area contributed by atoms with E-state index in [2.05, 4.69) is 35.2 Å². The van der Waals surface area contributed by atoms with Crippen molar-refractivity contribution in [1.82, 2.24) is 0 Å². The van der Waals surface area contributed by atoms with E-state index in [0.29, 0.717) is 0 Å². The van der Waals surface area contributed by atoms with Crippen molar-refractivity contribution in [1.29, 1.82) is 0 Å². The first-order valence-electron chi connectivity index (χ1n) is 7.43. The molecule has 1 aliphatic heterocycles. The number of nitrogens with two attached hydrogens (primary N) is 1. The molecule has 112 valence electrons. The smallest absolute Gasteiger partial charge is 0.188 e. The van der Waals surface area contributed by atoms with Gasteiger partial charge in [-0.1, -0.05) is 30.3 Å². The first kappa shape index (κ1) is 14.2. The van der Waals surface area contributed by atoms with Crippen molar-refractivity contribution < 1.29 is 9.47 Å². The minimum atomic E-state index is 0.230. The largest absolute Gasteiger partial charge is 0.465 e. The number of methoxy groups -OCH3 is 1. The fourth-order valence-corrected chi connectivity index (χ4v) is 3.01. The van der Waals surface area contributed by atoms with Gasteiger partial charge < -0.3 is 20.1 Å². The number of fused-ring (bicyclic) bond motifs is 1. The van der Waals surface area contributed by atoms with Crippen LogP contribution >= 0.6 is 0 Å². The number of hydrogen-bond donors (Lipinski definition) is 1. The van der Waals surface area contributed by atoms with Crippen LogP contribution in [0.4, 0.5) is 5.69 Å². The van der Waals surface area contributed by atoms with Crippen LogP contribution in [0.3, 0.4) is 0 Å². The molecule has 2 aromatic rings. The molecule has 2 N–H and O–H groups in total. The van der Waals surface area contributed by atoms with Crippen LogP contribution in [0.5, 0.6) is 5.75 Å². The first-order valence-corrected chi connectivity index (χ1v) is 7.43. The van der Waals surface area contributed by atoms with Crippen LogP contribution in [0.25, 0.3) is 10.8 Å². The maximum absolute atomic E-state index is 6.15. The number of rotatable bonds is 4. The third kappa shape index (κ3) is 2.96. The average Bonchev–Trinajstić information content (AvgIpc) is 2.52. The van der Waals surface area contributed by atoms with E-state index in [1.165, 1.54) is 10.8 Å². The number of anilines is 1. The molecule has 0 spiro atoms. The minimum absolute atomic E-state index is 0.230. The lowest BCUT2D eigenvalue weighted by Crippen LogP contribution is -2.43. The molecule has 1 saturated heterocycles. The Balaban J connectivity index is 2.06. The Hall–Kier alpha value is -1.78. The monoisotopic (exact) mass is 286 g/mol. The molecule has 1 unspecified atom stereocenters. The zero-order chi connectivity index (χ0) is 14.7. The summed E-state index contributed by atoms with van der Waals surface area (Å²) < 4.78 is 10.8. The van der Waals surface area contributed by atoms with Gasteiger partial charge in [-0.3, -0.25) is 0 Å². The topological polar surface area (TPSA) is 47.7 Å². The standard InChI is InChI=1S/C17H22N2O2/c1-20-12-21-16-9-8-13-5-2-3-7-15(13)17(16)19-10-4-6-14(18)11-19/h2-3,5,7-9,14H,4,6,10-12,18H2,1H3. The lowest BCUT2D eigenvalue weighted by Gasteiger charge is -2.34. The zero-order valence-electron chi connectivity index (χ0n) is 12.4. The van der Waals surface area contributed by atoms with Gasteiger partial charge in [0.1, 0.15) is 5.75 Å². The summed E-state index contributed by atoms with van der Waals surface area (Å²) in [5.41, 5.74) is 7.29. The molecular formula is C17H22N2O2. The first-order chi connectivity index (χ1) is 10.3. The summed E-state index contributed by atoms with van der Waals surface area (Å²) in [5.74, 6) is 0.865. The van der Waals surface area contributed by atoms with E-state index in [1.54, 1.807) is 7.11 Å². The third-order valence-electron chi connectivity index (χ3n) is 3.97. The molecule has 1 atom stereocenters. The third-order valence-corrected chi connectivity index (χ3v) is 3.97. The summed E-state index contributed by atoms with van der Waals surface area (Å²) in [4.78, 5) is 2.35. The fourth-order valence-electron chi connectivity index (χ4n) is 3.01. The summed E-state index contributed by atoms with van der Waals surface area (Å²) in [6.07, 6.45) is 2.21. The predicted octanol–water partition coefficient (Wildman–Crippen LogP) is 2.75. The van der Waals surface area contributed by atoms with E-state index in [0.717, 1.165) is 37.4 Å². The second-order valence-corrected chi connectivity index (χ2v) is 5.53. The number of hydrogen-bond acceptors (Lipinski definition) is 4. The van der Waals surface area contributed by atoms with Gasteiger partial charge in [0.05, 0.1) is 5.69 Å². The van der Waals surface area contributed by atoms with E-state index in [1.807, 2.05) is 6.07 Å². The summed E-state index contributed by atoms with van der Waals surface area (Å²) in [6, 6.07) is 12.7. The lowest BCUT2D eigenvalue weighted by molar-refractivity contribution is 0.0515. The summed E-state index contributed by atoms with van der Waals surface area (Å²) in [7, 11) is 1.64. The van der Waals surface area contributed by atoms with Crippen molar-refractivity contribution >= 4 is 16.5 Å². The molecule has 0 aliphatic carbocycles. The second-order valence-electron chi connectivity index (χ2n) is 5.53. The molecule has 0 amide bonds. The molecule has 0 aromatic heterocycles. The molecule has 2 aromatic carbocycles. The van der Waals surface area contributed by atoms with Gasteiger partial charge in [-0.15, -0.1) is 0 Å². The molecular weight excluding hydrogens is 264 g/mol. The Bertz CT molecular complexity index is 615. The molecule has 4 heteroatoms. The molecule has 1 aliphatic rings. The highest BCUT2D eigenvalue weighted by Gasteiger charge is 2.22. The van der Waals surface area contributed by atoms with Gasteiger partial charge in [0.2, 0.25) is 0 Å². The Labute approximate surface area is 125 Å². The zero-order valence-corrected chi connectivity index (χ0v) is 12.4. The van der Waals surface area contributed by atoms with E-state index < -0.39 is 0 Å². The van der Waals surface area contributed by atoms with Crippen LogP contribution in [-0.4, -0.2) is 33.0 Å². The maximum atomic E-state index is 6.15. The number of nitrogens with zero attached hydrogens (tertiary/aromatic N) is 1. The molecule has 1 heterocycles. The van der Waals surface area contributed by atoms with Crippen molar-refractivity contribution in [3.63, 3.8) is 0 Å². The van der Waals surface area contributed by atoms with Gasteiger partial charge in [0, 0.05) is 31.6 Å². The Morgan fingerprint density at radius 2 is 2.10 bits per heavy atom. The van der Waals surface area contributed by atoms with Crippen LogP contribution in [0, 0.1) is 0 Å². The highest BCUT2D eigenvalue weighted by Crippen LogP contribution is 2.37. The van der Waals surface area contributed by atoms with Gasteiger partial charge in [0.15, 0.2) is 6.79 Å². The highest BCUT2D eigenvalue weighted by atomic mass is 16.7. The fraction of sp³-hybridized carbons (Fsp3) is 0.412. The lowest BCUT2D eigenvalue weighted by atomic mass is 10.0. The number of ether oxygens (including phenoxy) is 2. The maximum Gasteiger partial charge on any atom is 0.188 e. The van der Waals surface area contributed by atoms with Gasteiger partial charge in [-0.2, -0.15) is 0 Å². The number of benzene rings is 2. The van der Waals surface area contributed by atoms with Crippen LogP contribution in [0.15, 0.2) is 36.4 Å². The van der Waals surface area contributed by atoms with Crippen LogP contribution in [0.2, 0.25) is 0 Å². The summed E-state index contributed by atoms with van der Waals surface area (Å²) in [6.45, 7) is 2.15. The van der Waals surface area contributed by atoms with Crippen LogP contribution in [-0.2, 0) is 4.74 Å². The van der Waals surface area contributed by atoms with Crippen molar-refractivity contribution in [3.05, 3.63) is 36.4 Å². The predicted molar refractivity (Wildman–Crippen MR) is 85.9 cm³/mol. The van der Waals surface area contributed by atoms with Crippen LogP contribution in [0.1, 0.15) is 12.8 Å². The Morgan fingerprint density at radius 3 is 2.90 bits per heavy atom. The summed E-state index contributed by atoms with van der Waals surface area (Å²) >= 11 is 0. The molecule has 3 rings (SSSR count). The summed E-state index contributed by atoms with van der Waals surface area (Å²) in [5, 5.41) is 2.43. The van der Waals surface area contributed by atoms with Crippen LogP contribution < -0.4 is 15.4 Å². The van der Waals surface area contributed by atoms with E-state index in [9.17, 15) is 0 Å². The Morgan fingerprint density at radius 1 is 1.24 bits per heavy atom. The van der Waals surface area contributed by atoms with Gasteiger partial charge in [-0.25, -0.2) is 0 Å². The van der Waals surface area contributed by atoms with Crippen molar-refractivity contribution in [2.75, 3.05) is 31.9 Å². The van der Waals surface area contributed by atoms with E-state index >= 15 is 0 Å². The second kappa shape index (κ2) is 6.33.